The van der Waals surface area contributed by atoms with E-state index in [0.717, 1.165) is 17.1 Å². The van der Waals surface area contributed by atoms with E-state index in [4.69, 9.17) is 4.74 Å². The Labute approximate surface area is 121 Å². The largest absolute Gasteiger partial charge is 0.488 e. The summed E-state index contributed by atoms with van der Waals surface area (Å²) in [5.41, 5.74) is 2.34. The van der Waals surface area contributed by atoms with E-state index >= 15 is 0 Å². The predicted octanol–water partition coefficient (Wildman–Crippen LogP) is 4.00. The second-order valence-corrected chi connectivity index (χ2v) is 5.80. The smallest absolute Gasteiger partial charge is 0.132 e. The van der Waals surface area contributed by atoms with E-state index in [1.165, 1.54) is 5.56 Å². The topological polar surface area (TPSA) is 34.2 Å². The number of hydrogen-bond donors (Lipinski definition) is 1. The predicted molar refractivity (Wildman–Crippen MR) is 83.3 cm³/mol. The molecule has 0 atom stereocenters. The van der Waals surface area contributed by atoms with Crippen LogP contribution >= 0.6 is 0 Å². The standard InChI is InChI=1S/C17H22N2O/c1-17(2,3)14-9-5-6-10-15(14)20-12-13-8-7-11-19-16(13)18-4/h5-11H,12H2,1-4H3,(H,18,19). The lowest BCUT2D eigenvalue weighted by Crippen LogP contribution is -2.13. The van der Waals surface area contributed by atoms with Gasteiger partial charge in [-0.05, 0) is 23.1 Å². The minimum absolute atomic E-state index is 0.0668. The van der Waals surface area contributed by atoms with Crippen LogP contribution < -0.4 is 10.1 Å². The lowest BCUT2D eigenvalue weighted by Gasteiger charge is -2.22. The zero-order valence-corrected chi connectivity index (χ0v) is 12.6. The van der Waals surface area contributed by atoms with Crippen molar-refractivity contribution in [2.24, 2.45) is 0 Å². The molecule has 0 saturated heterocycles. The Morgan fingerprint density at radius 3 is 2.55 bits per heavy atom. The molecule has 0 saturated carbocycles. The summed E-state index contributed by atoms with van der Waals surface area (Å²) in [4.78, 5) is 4.29. The Kier molecular flexibility index (Phi) is 4.28. The van der Waals surface area contributed by atoms with Gasteiger partial charge in [0, 0.05) is 18.8 Å². The van der Waals surface area contributed by atoms with Crippen LogP contribution in [0.5, 0.6) is 5.75 Å². The molecule has 20 heavy (non-hydrogen) atoms. The van der Waals surface area contributed by atoms with Gasteiger partial charge in [-0.15, -0.1) is 0 Å². The molecular formula is C17H22N2O. The quantitative estimate of drug-likeness (QED) is 0.911. The molecule has 2 rings (SSSR count). The van der Waals surface area contributed by atoms with E-state index in [1.54, 1.807) is 6.20 Å². The summed E-state index contributed by atoms with van der Waals surface area (Å²) >= 11 is 0. The van der Waals surface area contributed by atoms with E-state index in [2.05, 4.69) is 43.2 Å². The highest BCUT2D eigenvalue weighted by Crippen LogP contribution is 2.31. The second-order valence-electron chi connectivity index (χ2n) is 5.80. The van der Waals surface area contributed by atoms with Crippen molar-refractivity contribution in [1.29, 1.82) is 0 Å². The number of anilines is 1. The maximum absolute atomic E-state index is 6.01. The SMILES string of the molecule is CNc1ncccc1COc1ccccc1C(C)(C)C. The van der Waals surface area contributed by atoms with Crippen LogP contribution in [-0.4, -0.2) is 12.0 Å². The summed E-state index contributed by atoms with van der Waals surface area (Å²) in [5.74, 6) is 1.80. The molecule has 1 heterocycles. The van der Waals surface area contributed by atoms with Crippen molar-refractivity contribution in [3.05, 3.63) is 53.7 Å². The Balaban J connectivity index is 2.20. The van der Waals surface area contributed by atoms with Crippen LogP contribution in [0.1, 0.15) is 31.9 Å². The molecule has 106 valence electrons. The minimum atomic E-state index is 0.0668. The number of aromatic nitrogens is 1. The number of hydrogen-bond acceptors (Lipinski definition) is 3. The number of nitrogens with one attached hydrogen (secondary N) is 1. The summed E-state index contributed by atoms with van der Waals surface area (Å²) in [6, 6.07) is 12.2. The number of rotatable bonds is 4. The average molecular weight is 270 g/mol. The van der Waals surface area contributed by atoms with E-state index < -0.39 is 0 Å². The first-order valence-electron chi connectivity index (χ1n) is 6.86. The van der Waals surface area contributed by atoms with Gasteiger partial charge in [-0.2, -0.15) is 0 Å². The maximum atomic E-state index is 6.01. The van der Waals surface area contributed by atoms with Crippen molar-refractivity contribution < 1.29 is 4.74 Å². The molecule has 0 spiro atoms. The summed E-state index contributed by atoms with van der Waals surface area (Å²) in [6.07, 6.45) is 1.78. The van der Waals surface area contributed by atoms with Gasteiger partial charge in [-0.25, -0.2) is 4.98 Å². The lowest BCUT2D eigenvalue weighted by atomic mass is 9.86. The third-order valence-electron chi connectivity index (χ3n) is 3.21. The molecule has 0 bridgehead atoms. The highest BCUT2D eigenvalue weighted by Gasteiger charge is 2.18. The molecule has 3 heteroatoms. The molecule has 0 aliphatic heterocycles. The van der Waals surface area contributed by atoms with E-state index in [-0.39, 0.29) is 5.41 Å². The fourth-order valence-corrected chi connectivity index (χ4v) is 2.15. The molecule has 1 aromatic heterocycles. The van der Waals surface area contributed by atoms with Crippen LogP contribution in [-0.2, 0) is 12.0 Å². The van der Waals surface area contributed by atoms with Gasteiger partial charge in [0.05, 0.1) is 0 Å². The van der Waals surface area contributed by atoms with Crippen LogP contribution in [0.4, 0.5) is 5.82 Å². The van der Waals surface area contributed by atoms with Gasteiger partial charge >= 0.3 is 0 Å². The van der Waals surface area contributed by atoms with Crippen molar-refractivity contribution in [1.82, 2.24) is 4.98 Å². The van der Waals surface area contributed by atoms with Gasteiger partial charge in [-0.1, -0.05) is 45.0 Å². The normalized spacial score (nSPS) is 11.2. The van der Waals surface area contributed by atoms with Gasteiger partial charge in [0.1, 0.15) is 18.2 Å². The monoisotopic (exact) mass is 270 g/mol. The second kappa shape index (κ2) is 5.95. The Bertz CT molecular complexity index is 573. The van der Waals surface area contributed by atoms with E-state index in [9.17, 15) is 0 Å². The van der Waals surface area contributed by atoms with Crippen molar-refractivity contribution >= 4 is 5.82 Å². The first-order valence-corrected chi connectivity index (χ1v) is 6.86. The summed E-state index contributed by atoms with van der Waals surface area (Å²) in [7, 11) is 1.87. The van der Waals surface area contributed by atoms with Crippen LogP contribution in [0.2, 0.25) is 0 Å². The van der Waals surface area contributed by atoms with Crippen LogP contribution in [0, 0.1) is 0 Å². The van der Waals surface area contributed by atoms with Gasteiger partial charge in [-0.3, -0.25) is 0 Å². The Morgan fingerprint density at radius 2 is 1.85 bits per heavy atom. The number of pyridine rings is 1. The zero-order valence-electron chi connectivity index (χ0n) is 12.6. The molecular weight excluding hydrogens is 248 g/mol. The van der Waals surface area contributed by atoms with Crippen LogP contribution in [0.25, 0.3) is 0 Å². The molecule has 0 amide bonds. The minimum Gasteiger partial charge on any atom is -0.488 e. The molecule has 0 unspecified atom stereocenters. The first kappa shape index (κ1) is 14.4. The molecule has 3 nitrogen and oxygen atoms in total. The van der Waals surface area contributed by atoms with E-state index in [0.29, 0.717) is 6.61 Å². The van der Waals surface area contributed by atoms with Crippen LogP contribution in [0.15, 0.2) is 42.6 Å². The Morgan fingerprint density at radius 1 is 1.10 bits per heavy atom. The molecule has 2 aromatic rings. The number of benzene rings is 1. The van der Waals surface area contributed by atoms with Crippen molar-refractivity contribution in [2.45, 2.75) is 32.8 Å². The van der Waals surface area contributed by atoms with Gasteiger partial charge in [0.15, 0.2) is 0 Å². The fourth-order valence-electron chi connectivity index (χ4n) is 2.15. The molecule has 0 fully saturated rings. The molecule has 1 N–H and O–H groups in total. The lowest BCUT2D eigenvalue weighted by molar-refractivity contribution is 0.298. The highest BCUT2D eigenvalue weighted by molar-refractivity contribution is 5.43. The first-order chi connectivity index (χ1) is 9.52. The third kappa shape index (κ3) is 3.29. The fraction of sp³-hybridized carbons (Fsp3) is 0.353. The number of nitrogens with zero attached hydrogens (tertiary/aromatic N) is 1. The molecule has 0 aliphatic carbocycles. The van der Waals surface area contributed by atoms with Gasteiger partial charge < -0.3 is 10.1 Å². The van der Waals surface area contributed by atoms with E-state index in [1.807, 2.05) is 31.3 Å². The zero-order chi connectivity index (χ0) is 14.6. The maximum Gasteiger partial charge on any atom is 0.132 e. The van der Waals surface area contributed by atoms with Gasteiger partial charge in [0.2, 0.25) is 0 Å². The highest BCUT2D eigenvalue weighted by atomic mass is 16.5. The van der Waals surface area contributed by atoms with Crippen molar-refractivity contribution in [3.63, 3.8) is 0 Å². The average Bonchev–Trinajstić information content (AvgIpc) is 2.44. The van der Waals surface area contributed by atoms with Crippen LogP contribution in [0.3, 0.4) is 0 Å². The summed E-state index contributed by atoms with van der Waals surface area (Å²) < 4.78 is 6.01. The number of para-hydroxylation sites is 1. The molecule has 0 aliphatic rings. The molecule has 1 aromatic carbocycles. The van der Waals surface area contributed by atoms with Gasteiger partial charge in [0.25, 0.3) is 0 Å². The number of ether oxygens (including phenoxy) is 1. The molecule has 0 radical (unpaired) electrons. The summed E-state index contributed by atoms with van der Waals surface area (Å²) in [6.45, 7) is 7.09. The van der Waals surface area contributed by atoms with Crippen molar-refractivity contribution in [3.8, 4) is 5.75 Å². The Hall–Kier alpha value is -2.03. The van der Waals surface area contributed by atoms with Crippen molar-refractivity contribution in [2.75, 3.05) is 12.4 Å². The third-order valence-corrected chi connectivity index (χ3v) is 3.21. The summed E-state index contributed by atoms with van der Waals surface area (Å²) in [5, 5.41) is 3.09.